The zero-order valence-corrected chi connectivity index (χ0v) is 9.37. The first-order chi connectivity index (χ1) is 7.86. The highest BCUT2D eigenvalue weighted by molar-refractivity contribution is 7.78. The molecule has 78 valence electrons. The summed E-state index contributed by atoms with van der Waals surface area (Å²) in [6.45, 7) is 1.21. The van der Waals surface area contributed by atoms with Crippen LogP contribution in [0, 0.1) is 11.3 Å². The summed E-state index contributed by atoms with van der Waals surface area (Å²) >= 11 is 4.50. The van der Waals surface area contributed by atoms with Gasteiger partial charge in [-0.15, -0.1) is 0 Å². The molecule has 1 aromatic carbocycles. The summed E-state index contributed by atoms with van der Waals surface area (Å²) in [4.78, 5) is 3.85. The van der Waals surface area contributed by atoms with Crippen LogP contribution >= 0.6 is 12.2 Å². The molecule has 0 atom stereocenters. The summed E-state index contributed by atoms with van der Waals surface area (Å²) < 4.78 is 1.90. The minimum Gasteiger partial charge on any atom is -0.336 e. The molecule has 0 fully saturated rings. The number of hydrogen-bond acceptors (Lipinski definition) is 3. The van der Waals surface area contributed by atoms with Crippen molar-refractivity contribution in [2.24, 2.45) is 4.99 Å². The van der Waals surface area contributed by atoms with Gasteiger partial charge in [-0.25, -0.2) is 4.99 Å². The molecule has 1 heterocycles. The van der Waals surface area contributed by atoms with Crippen LogP contribution in [0.4, 0.5) is 0 Å². The number of nitrogens with zero attached hydrogens (tertiary/aromatic N) is 3. The van der Waals surface area contributed by atoms with E-state index in [0.717, 1.165) is 10.8 Å². The molecular weight excluding hydrogens is 218 g/mol. The minimum absolute atomic E-state index is 0.555. The molecule has 2 rings (SSSR count). The van der Waals surface area contributed by atoms with Crippen molar-refractivity contribution in [3.05, 3.63) is 36.2 Å². The van der Waals surface area contributed by atoms with Gasteiger partial charge in [-0.05, 0) is 12.2 Å². The Balaban J connectivity index is 2.45. The molecule has 0 unspecified atom stereocenters. The van der Waals surface area contributed by atoms with Gasteiger partial charge >= 0.3 is 0 Å². The highest BCUT2D eigenvalue weighted by atomic mass is 32.1. The van der Waals surface area contributed by atoms with Gasteiger partial charge in [0.15, 0.2) is 0 Å². The molecule has 0 bridgehead atoms. The SMILES string of the molecule is N#Cc1c2ccccc2cn1CCN=C=S. The first kappa shape index (κ1) is 10.6. The topological polar surface area (TPSA) is 41.1 Å². The van der Waals surface area contributed by atoms with Crippen LogP contribution in [0.3, 0.4) is 0 Å². The summed E-state index contributed by atoms with van der Waals surface area (Å²) in [5, 5.41) is 13.5. The number of hydrogen-bond donors (Lipinski definition) is 0. The number of aliphatic imine (C=N–C) groups is 1. The van der Waals surface area contributed by atoms with E-state index in [2.05, 4.69) is 28.4 Å². The monoisotopic (exact) mass is 227 g/mol. The largest absolute Gasteiger partial charge is 0.336 e. The second-order valence-corrected chi connectivity index (χ2v) is 3.53. The quantitative estimate of drug-likeness (QED) is 0.597. The van der Waals surface area contributed by atoms with E-state index in [9.17, 15) is 0 Å². The van der Waals surface area contributed by atoms with Gasteiger partial charge in [-0.1, -0.05) is 24.3 Å². The average molecular weight is 227 g/mol. The van der Waals surface area contributed by atoms with Gasteiger partial charge in [0.1, 0.15) is 11.8 Å². The Kier molecular flexibility index (Phi) is 3.11. The fraction of sp³-hybridized carbons (Fsp3) is 0.167. The van der Waals surface area contributed by atoms with Gasteiger partial charge < -0.3 is 4.57 Å². The van der Waals surface area contributed by atoms with Crippen molar-refractivity contribution in [2.75, 3.05) is 6.54 Å². The maximum Gasteiger partial charge on any atom is 0.128 e. The van der Waals surface area contributed by atoms with Crippen LogP contribution in [-0.2, 0) is 6.54 Å². The Labute approximate surface area is 98.6 Å². The van der Waals surface area contributed by atoms with E-state index in [1.54, 1.807) is 0 Å². The summed E-state index contributed by atoms with van der Waals surface area (Å²) in [6, 6.07) is 10.1. The molecule has 2 aromatic rings. The van der Waals surface area contributed by atoms with E-state index in [0.29, 0.717) is 18.8 Å². The van der Waals surface area contributed by atoms with E-state index in [1.807, 2.05) is 35.0 Å². The lowest BCUT2D eigenvalue weighted by molar-refractivity contribution is 0.711. The van der Waals surface area contributed by atoms with Gasteiger partial charge in [0.25, 0.3) is 0 Å². The van der Waals surface area contributed by atoms with Crippen LogP contribution in [0.25, 0.3) is 10.8 Å². The molecule has 0 aliphatic rings. The normalized spacial score (nSPS) is 9.69. The zero-order valence-electron chi connectivity index (χ0n) is 8.55. The third-order valence-electron chi connectivity index (χ3n) is 2.42. The molecule has 0 spiro atoms. The number of thiocarbonyl (C=S) groups is 1. The summed E-state index contributed by atoms with van der Waals surface area (Å²) in [6.07, 6.45) is 1.97. The van der Waals surface area contributed by atoms with Crippen molar-refractivity contribution in [1.29, 1.82) is 5.26 Å². The summed E-state index contributed by atoms with van der Waals surface area (Å²) in [7, 11) is 0. The van der Waals surface area contributed by atoms with E-state index in [1.165, 1.54) is 0 Å². The van der Waals surface area contributed by atoms with Gasteiger partial charge in [0.2, 0.25) is 0 Å². The molecular formula is C12H9N3S. The third kappa shape index (κ3) is 1.87. The van der Waals surface area contributed by atoms with Crippen molar-refractivity contribution >= 4 is 28.2 Å². The van der Waals surface area contributed by atoms with Crippen molar-refractivity contribution < 1.29 is 0 Å². The van der Waals surface area contributed by atoms with E-state index < -0.39 is 0 Å². The second-order valence-electron chi connectivity index (χ2n) is 3.34. The highest BCUT2D eigenvalue weighted by Crippen LogP contribution is 2.20. The first-order valence-electron chi connectivity index (χ1n) is 4.88. The van der Waals surface area contributed by atoms with Crippen LogP contribution in [0.5, 0.6) is 0 Å². The average Bonchev–Trinajstić information content (AvgIpc) is 2.67. The molecule has 0 aliphatic heterocycles. The van der Waals surface area contributed by atoms with Crippen LogP contribution in [0.2, 0.25) is 0 Å². The Morgan fingerprint density at radius 3 is 2.94 bits per heavy atom. The number of aromatic nitrogens is 1. The van der Waals surface area contributed by atoms with E-state index in [-0.39, 0.29) is 0 Å². The smallest absolute Gasteiger partial charge is 0.128 e. The number of isothiocyanates is 1. The van der Waals surface area contributed by atoms with Crippen LogP contribution in [0.15, 0.2) is 35.5 Å². The number of benzene rings is 1. The molecule has 0 amide bonds. The second kappa shape index (κ2) is 4.71. The van der Waals surface area contributed by atoms with Gasteiger partial charge in [-0.2, -0.15) is 5.26 Å². The Morgan fingerprint density at radius 1 is 1.38 bits per heavy atom. The molecule has 0 saturated carbocycles. The maximum atomic E-state index is 9.12. The molecule has 4 heteroatoms. The standard InChI is InChI=1S/C12H9N3S/c13-7-12-11-4-2-1-3-10(11)8-15(12)6-5-14-9-16/h1-4,8H,5-6H2. The minimum atomic E-state index is 0.555. The fourth-order valence-electron chi connectivity index (χ4n) is 1.72. The van der Waals surface area contributed by atoms with E-state index >= 15 is 0 Å². The molecule has 3 nitrogen and oxygen atoms in total. The lowest BCUT2D eigenvalue weighted by atomic mass is 10.2. The van der Waals surface area contributed by atoms with Crippen LogP contribution in [-0.4, -0.2) is 16.3 Å². The highest BCUT2D eigenvalue weighted by Gasteiger charge is 2.07. The van der Waals surface area contributed by atoms with Crippen molar-refractivity contribution in [3.63, 3.8) is 0 Å². The van der Waals surface area contributed by atoms with Gasteiger partial charge in [-0.3, -0.25) is 0 Å². The Morgan fingerprint density at radius 2 is 2.19 bits per heavy atom. The van der Waals surface area contributed by atoms with Crippen LogP contribution in [0.1, 0.15) is 5.69 Å². The predicted molar refractivity (Wildman–Crippen MR) is 66.5 cm³/mol. The lowest BCUT2D eigenvalue weighted by Crippen LogP contribution is -2.01. The molecule has 0 N–H and O–H groups in total. The summed E-state index contributed by atoms with van der Waals surface area (Å²) in [5.41, 5.74) is 0.676. The fourth-order valence-corrected chi connectivity index (χ4v) is 1.81. The molecule has 0 radical (unpaired) electrons. The number of fused-ring (bicyclic) bond motifs is 1. The van der Waals surface area contributed by atoms with Crippen molar-refractivity contribution in [1.82, 2.24) is 4.57 Å². The Bertz CT molecular complexity index is 600. The lowest BCUT2D eigenvalue weighted by Gasteiger charge is -1.99. The predicted octanol–water partition coefficient (Wildman–Crippen LogP) is 2.62. The van der Waals surface area contributed by atoms with Gasteiger partial charge in [0, 0.05) is 23.5 Å². The van der Waals surface area contributed by atoms with Gasteiger partial charge in [0.05, 0.1) is 11.7 Å². The van der Waals surface area contributed by atoms with E-state index in [4.69, 9.17) is 5.26 Å². The molecule has 0 saturated heterocycles. The van der Waals surface area contributed by atoms with Crippen molar-refractivity contribution in [3.8, 4) is 6.07 Å². The first-order valence-corrected chi connectivity index (χ1v) is 5.29. The molecule has 0 aliphatic carbocycles. The number of rotatable bonds is 3. The zero-order chi connectivity index (χ0) is 11.4. The maximum absolute atomic E-state index is 9.12. The molecule has 1 aromatic heterocycles. The molecule has 16 heavy (non-hydrogen) atoms. The summed E-state index contributed by atoms with van der Waals surface area (Å²) in [5.74, 6) is 0. The van der Waals surface area contributed by atoms with Crippen LogP contribution < -0.4 is 0 Å². The van der Waals surface area contributed by atoms with Crippen molar-refractivity contribution in [2.45, 2.75) is 6.54 Å². The Hall–Kier alpha value is -1.95. The third-order valence-corrected chi connectivity index (χ3v) is 2.55. The number of nitriles is 1.